The maximum absolute atomic E-state index is 11.6. The molecule has 0 spiro atoms. The normalized spacial score (nSPS) is 24.6. The molecule has 1 fully saturated rings. The average Bonchev–Trinajstić information content (AvgIpc) is 2.79. The predicted molar refractivity (Wildman–Crippen MR) is 71.7 cm³/mol. The number of nitrogens with two attached hydrogens (primary N) is 1. The first-order valence-corrected chi connectivity index (χ1v) is 7.74. The molecule has 2 aliphatic rings. The van der Waals surface area contributed by atoms with Crippen molar-refractivity contribution >= 4 is 15.9 Å². The van der Waals surface area contributed by atoms with Crippen molar-refractivity contribution in [3.63, 3.8) is 0 Å². The molecule has 102 valence electrons. The van der Waals surface area contributed by atoms with Gasteiger partial charge in [0.05, 0.1) is 11.3 Å². The molecular weight excluding hydrogens is 266 g/mol. The van der Waals surface area contributed by atoms with Crippen molar-refractivity contribution in [1.29, 1.82) is 0 Å². The molecule has 0 saturated carbocycles. The van der Waals surface area contributed by atoms with Gasteiger partial charge in [0.15, 0.2) is 0 Å². The van der Waals surface area contributed by atoms with E-state index >= 15 is 0 Å². The highest BCUT2D eigenvalue weighted by Crippen LogP contribution is 2.29. The van der Waals surface area contributed by atoms with Gasteiger partial charge in [-0.25, -0.2) is 8.42 Å². The summed E-state index contributed by atoms with van der Waals surface area (Å²) in [6.45, 7) is 1.72. The molecule has 1 unspecified atom stereocenters. The lowest BCUT2D eigenvalue weighted by atomic mass is 10.1. The Bertz CT molecular complexity index is 634. The number of rotatable bonds is 2. The standard InChI is InChI=1S/C12H15N3O3S/c13-12-11-8(7-19(16,17)15-12)2-1-3-10(11)18-9-4-5-14-6-9/h1-3,9,14H,4-7H2,(H2,13,15). The van der Waals surface area contributed by atoms with E-state index in [2.05, 4.69) is 9.71 Å². The Morgan fingerprint density at radius 3 is 3.00 bits per heavy atom. The predicted octanol–water partition coefficient (Wildman–Crippen LogP) is -0.0240. The van der Waals surface area contributed by atoms with Crippen molar-refractivity contribution in [1.82, 2.24) is 5.32 Å². The summed E-state index contributed by atoms with van der Waals surface area (Å²) >= 11 is 0. The molecule has 0 amide bonds. The fourth-order valence-corrected chi connectivity index (χ4v) is 3.51. The number of ether oxygens (including phenoxy) is 1. The zero-order valence-electron chi connectivity index (χ0n) is 10.3. The number of sulfonamides is 1. The smallest absolute Gasteiger partial charge is 0.259 e. The highest BCUT2D eigenvalue weighted by Gasteiger charge is 2.26. The van der Waals surface area contributed by atoms with Crippen LogP contribution in [0.2, 0.25) is 0 Å². The summed E-state index contributed by atoms with van der Waals surface area (Å²) in [6.07, 6.45) is 1.02. The zero-order valence-corrected chi connectivity index (χ0v) is 11.1. The molecule has 3 rings (SSSR count). The maximum Gasteiger partial charge on any atom is 0.259 e. The monoisotopic (exact) mass is 281 g/mol. The molecular formula is C12H15N3O3S. The van der Waals surface area contributed by atoms with Crippen LogP contribution in [-0.2, 0) is 15.8 Å². The number of benzene rings is 1. The lowest BCUT2D eigenvalue weighted by Gasteiger charge is -2.20. The summed E-state index contributed by atoms with van der Waals surface area (Å²) in [6, 6.07) is 5.33. The second-order valence-corrected chi connectivity index (χ2v) is 6.36. The quantitative estimate of drug-likeness (QED) is 0.794. The molecule has 1 aromatic carbocycles. The van der Waals surface area contributed by atoms with Gasteiger partial charge in [0.1, 0.15) is 17.7 Å². The second-order valence-electron chi connectivity index (χ2n) is 4.73. The SMILES string of the molecule is NC1=NS(=O)(=O)Cc2cccc(OC3CCNC3)c21. The van der Waals surface area contributed by atoms with Gasteiger partial charge in [-0.05, 0) is 24.6 Å². The summed E-state index contributed by atoms with van der Waals surface area (Å²) in [5.74, 6) is 0.508. The minimum Gasteiger partial charge on any atom is -0.488 e. The van der Waals surface area contributed by atoms with Crippen LogP contribution >= 0.6 is 0 Å². The molecule has 0 aliphatic carbocycles. The van der Waals surface area contributed by atoms with Gasteiger partial charge in [0.25, 0.3) is 10.0 Å². The molecule has 1 atom stereocenters. The molecule has 2 heterocycles. The molecule has 0 aromatic heterocycles. The topological polar surface area (TPSA) is 93.8 Å². The number of hydrogen-bond acceptors (Lipinski definition) is 5. The van der Waals surface area contributed by atoms with E-state index < -0.39 is 10.0 Å². The van der Waals surface area contributed by atoms with Gasteiger partial charge in [-0.1, -0.05) is 12.1 Å². The Kier molecular flexibility index (Phi) is 2.94. The Hall–Kier alpha value is -1.60. The van der Waals surface area contributed by atoms with Crippen LogP contribution in [0.1, 0.15) is 17.5 Å². The number of amidine groups is 1. The molecule has 19 heavy (non-hydrogen) atoms. The zero-order chi connectivity index (χ0) is 13.5. The molecule has 1 saturated heterocycles. The van der Waals surface area contributed by atoms with Crippen LogP contribution in [0, 0.1) is 0 Å². The highest BCUT2D eigenvalue weighted by molar-refractivity contribution is 7.89. The lowest BCUT2D eigenvalue weighted by Crippen LogP contribution is -2.27. The minimum absolute atomic E-state index is 0.0165. The Morgan fingerprint density at radius 2 is 2.26 bits per heavy atom. The van der Waals surface area contributed by atoms with E-state index in [1.54, 1.807) is 18.2 Å². The number of nitrogens with zero attached hydrogens (tertiary/aromatic N) is 1. The second kappa shape index (κ2) is 4.50. The molecule has 0 radical (unpaired) electrons. The summed E-state index contributed by atoms with van der Waals surface area (Å²) in [4.78, 5) is 0. The van der Waals surface area contributed by atoms with E-state index in [9.17, 15) is 8.42 Å². The molecule has 3 N–H and O–H groups in total. The van der Waals surface area contributed by atoms with E-state index in [0.717, 1.165) is 19.5 Å². The summed E-state index contributed by atoms with van der Waals surface area (Å²) in [5.41, 5.74) is 7.04. The van der Waals surface area contributed by atoms with E-state index in [1.807, 2.05) is 0 Å². The van der Waals surface area contributed by atoms with Crippen LogP contribution in [0.25, 0.3) is 0 Å². The van der Waals surface area contributed by atoms with Crippen LogP contribution in [0.4, 0.5) is 0 Å². The molecule has 7 heteroatoms. The maximum atomic E-state index is 11.6. The van der Waals surface area contributed by atoms with Gasteiger partial charge in [-0.15, -0.1) is 4.40 Å². The molecule has 2 aliphatic heterocycles. The van der Waals surface area contributed by atoms with E-state index in [4.69, 9.17) is 10.5 Å². The van der Waals surface area contributed by atoms with Crippen LogP contribution < -0.4 is 15.8 Å². The first-order chi connectivity index (χ1) is 9.05. The third kappa shape index (κ3) is 2.43. The van der Waals surface area contributed by atoms with Crippen molar-refractivity contribution in [2.45, 2.75) is 18.3 Å². The molecule has 0 bridgehead atoms. The van der Waals surface area contributed by atoms with Gasteiger partial charge in [0, 0.05) is 6.54 Å². The first kappa shape index (κ1) is 12.4. The van der Waals surface area contributed by atoms with Crippen LogP contribution in [-0.4, -0.2) is 33.4 Å². The van der Waals surface area contributed by atoms with Crippen LogP contribution in [0.3, 0.4) is 0 Å². The van der Waals surface area contributed by atoms with Crippen molar-refractivity contribution in [2.75, 3.05) is 13.1 Å². The van der Waals surface area contributed by atoms with Crippen molar-refractivity contribution in [3.05, 3.63) is 29.3 Å². The summed E-state index contributed by atoms with van der Waals surface area (Å²) < 4.78 is 32.6. The van der Waals surface area contributed by atoms with Crippen LogP contribution in [0.5, 0.6) is 5.75 Å². The van der Waals surface area contributed by atoms with Gasteiger partial charge >= 0.3 is 0 Å². The Morgan fingerprint density at radius 1 is 1.42 bits per heavy atom. The van der Waals surface area contributed by atoms with Crippen molar-refractivity contribution in [2.24, 2.45) is 10.1 Å². The van der Waals surface area contributed by atoms with E-state index in [0.29, 0.717) is 16.9 Å². The number of hydrogen-bond donors (Lipinski definition) is 2. The van der Waals surface area contributed by atoms with Gasteiger partial charge in [-0.3, -0.25) is 0 Å². The van der Waals surface area contributed by atoms with Gasteiger partial charge < -0.3 is 15.8 Å². The van der Waals surface area contributed by atoms with Crippen LogP contribution in [0.15, 0.2) is 22.6 Å². The molecule has 6 nitrogen and oxygen atoms in total. The Balaban J connectivity index is 1.99. The minimum atomic E-state index is -3.49. The fraction of sp³-hybridized carbons (Fsp3) is 0.417. The van der Waals surface area contributed by atoms with E-state index in [1.165, 1.54) is 0 Å². The Labute approximate surface area is 111 Å². The third-order valence-corrected chi connectivity index (χ3v) is 4.40. The highest BCUT2D eigenvalue weighted by atomic mass is 32.2. The average molecular weight is 281 g/mol. The first-order valence-electron chi connectivity index (χ1n) is 6.13. The number of fused-ring (bicyclic) bond motifs is 1. The van der Waals surface area contributed by atoms with Crippen molar-refractivity contribution < 1.29 is 13.2 Å². The third-order valence-electron chi connectivity index (χ3n) is 3.25. The molecule has 1 aromatic rings. The number of nitrogens with one attached hydrogen (secondary N) is 1. The fourth-order valence-electron chi connectivity index (χ4n) is 2.42. The summed E-state index contributed by atoms with van der Waals surface area (Å²) in [5, 5.41) is 3.21. The largest absolute Gasteiger partial charge is 0.488 e. The van der Waals surface area contributed by atoms with Gasteiger partial charge in [0.2, 0.25) is 0 Å². The summed E-state index contributed by atoms with van der Waals surface area (Å²) in [7, 11) is -3.49. The lowest BCUT2D eigenvalue weighted by molar-refractivity contribution is 0.222. The van der Waals surface area contributed by atoms with E-state index in [-0.39, 0.29) is 17.7 Å². The van der Waals surface area contributed by atoms with Crippen molar-refractivity contribution in [3.8, 4) is 5.75 Å². The van der Waals surface area contributed by atoms with Gasteiger partial charge in [-0.2, -0.15) is 0 Å².